The van der Waals surface area contributed by atoms with Crippen molar-refractivity contribution in [2.45, 2.75) is 33.4 Å². The molecule has 1 aromatic carbocycles. The number of aliphatic hydroxyl groups is 1. The summed E-state index contributed by atoms with van der Waals surface area (Å²) in [6.07, 6.45) is -0.598. The van der Waals surface area contributed by atoms with Crippen molar-refractivity contribution in [3.8, 4) is 5.75 Å². The highest BCUT2D eigenvalue weighted by Crippen LogP contribution is 2.16. The first-order valence-corrected chi connectivity index (χ1v) is 6.92. The van der Waals surface area contributed by atoms with E-state index in [1.54, 1.807) is 6.92 Å². The van der Waals surface area contributed by atoms with Gasteiger partial charge in [-0.3, -0.25) is 0 Å². The lowest BCUT2D eigenvalue weighted by Gasteiger charge is -2.13. The molecule has 0 amide bonds. The third kappa shape index (κ3) is 5.17. The molecule has 2 aromatic rings. The molecule has 2 rings (SSSR count). The first-order valence-electron chi connectivity index (χ1n) is 6.92. The Balaban J connectivity index is 1.70. The fraction of sp³-hybridized carbons (Fsp3) is 0.467. The molecule has 0 saturated heterocycles. The summed E-state index contributed by atoms with van der Waals surface area (Å²) in [5, 5.41) is 16.7. The predicted octanol–water partition coefficient (Wildman–Crippen LogP) is 1.52. The van der Waals surface area contributed by atoms with Gasteiger partial charge in [-0.15, -0.1) is 0 Å². The van der Waals surface area contributed by atoms with Crippen molar-refractivity contribution in [1.82, 2.24) is 15.5 Å². The molecule has 0 spiro atoms. The molecule has 0 radical (unpaired) electrons. The van der Waals surface area contributed by atoms with Crippen LogP contribution in [0.5, 0.6) is 5.75 Å². The van der Waals surface area contributed by atoms with Crippen molar-refractivity contribution in [2.24, 2.45) is 0 Å². The van der Waals surface area contributed by atoms with E-state index < -0.39 is 6.10 Å². The van der Waals surface area contributed by atoms with Crippen LogP contribution in [0.1, 0.15) is 22.8 Å². The lowest BCUT2D eigenvalue weighted by molar-refractivity contribution is 0.106. The van der Waals surface area contributed by atoms with Crippen LogP contribution < -0.4 is 10.1 Å². The van der Waals surface area contributed by atoms with Crippen LogP contribution >= 0.6 is 0 Å². The van der Waals surface area contributed by atoms with E-state index >= 15 is 0 Å². The first kappa shape index (κ1) is 15.5. The molecule has 6 heteroatoms. The average Bonchev–Trinajstić information content (AvgIpc) is 2.81. The maximum atomic E-state index is 9.88. The Labute approximate surface area is 124 Å². The number of hydrogen-bond acceptors (Lipinski definition) is 6. The zero-order valence-corrected chi connectivity index (χ0v) is 12.6. The van der Waals surface area contributed by atoms with Crippen LogP contribution in [-0.2, 0) is 6.54 Å². The second kappa shape index (κ2) is 7.19. The zero-order valence-electron chi connectivity index (χ0n) is 12.6. The maximum Gasteiger partial charge on any atom is 0.223 e. The van der Waals surface area contributed by atoms with Crippen molar-refractivity contribution < 1.29 is 14.4 Å². The van der Waals surface area contributed by atoms with Gasteiger partial charge in [0.1, 0.15) is 18.5 Å². The van der Waals surface area contributed by atoms with Crippen molar-refractivity contribution in [3.63, 3.8) is 0 Å². The Morgan fingerprint density at radius 2 is 1.95 bits per heavy atom. The zero-order chi connectivity index (χ0) is 15.2. The molecule has 0 aliphatic heterocycles. The Morgan fingerprint density at radius 3 is 2.57 bits per heavy atom. The number of rotatable bonds is 7. The van der Waals surface area contributed by atoms with E-state index in [1.807, 2.05) is 26.0 Å². The maximum absolute atomic E-state index is 9.88. The minimum atomic E-state index is -0.598. The highest BCUT2D eigenvalue weighted by molar-refractivity contribution is 5.32. The molecule has 114 valence electrons. The number of benzene rings is 1. The highest BCUT2D eigenvalue weighted by atomic mass is 16.5. The summed E-state index contributed by atoms with van der Waals surface area (Å²) in [5.74, 6) is 1.89. The van der Waals surface area contributed by atoms with Crippen LogP contribution in [0.3, 0.4) is 0 Å². The average molecular weight is 291 g/mol. The van der Waals surface area contributed by atoms with Crippen molar-refractivity contribution in [3.05, 3.63) is 41.0 Å². The summed E-state index contributed by atoms with van der Waals surface area (Å²) in [6, 6.07) is 5.99. The van der Waals surface area contributed by atoms with Crippen molar-refractivity contribution >= 4 is 0 Å². The summed E-state index contributed by atoms with van der Waals surface area (Å²) in [4.78, 5) is 4.07. The van der Waals surface area contributed by atoms with E-state index in [0.717, 1.165) is 16.9 Å². The van der Waals surface area contributed by atoms with Gasteiger partial charge >= 0.3 is 0 Å². The number of aromatic nitrogens is 2. The molecule has 1 atom stereocenters. The molecule has 6 nitrogen and oxygen atoms in total. The van der Waals surface area contributed by atoms with Gasteiger partial charge in [0.25, 0.3) is 0 Å². The van der Waals surface area contributed by atoms with Crippen LogP contribution in [0.15, 0.2) is 22.7 Å². The van der Waals surface area contributed by atoms with Gasteiger partial charge in [0, 0.05) is 13.5 Å². The van der Waals surface area contributed by atoms with Gasteiger partial charge in [-0.25, -0.2) is 0 Å². The lowest BCUT2D eigenvalue weighted by Crippen LogP contribution is -2.31. The number of nitrogens with one attached hydrogen (secondary N) is 1. The van der Waals surface area contributed by atoms with E-state index in [9.17, 15) is 5.11 Å². The Morgan fingerprint density at radius 1 is 1.24 bits per heavy atom. The van der Waals surface area contributed by atoms with Gasteiger partial charge < -0.3 is 19.7 Å². The highest BCUT2D eigenvalue weighted by Gasteiger charge is 2.07. The van der Waals surface area contributed by atoms with Crippen LogP contribution in [0.4, 0.5) is 0 Å². The van der Waals surface area contributed by atoms with Crippen LogP contribution in [0.25, 0.3) is 0 Å². The molecular weight excluding hydrogens is 270 g/mol. The van der Waals surface area contributed by atoms with E-state index in [1.165, 1.54) is 0 Å². The minimum absolute atomic E-state index is 0.237. The number of aryl methyl sites for hydroxylation is 3. The summed E-state index contributed by atoms with van der Waals surface area (Å²) in [7, 11) is 0. The minimum Gasteiger partial charge on any atom is -0.491 e. The van der Waals surface area contributed by atoms with Gasteiger partial charge in [0.15, 0.2) is 5.82 Å². The monoisotopic (exact) mass is 291 g/mol. The Hall–Kier alpha value is -1.92. The van der Waals surface area contributed by atoms with Crippen LogP contribution in [-0.4, -0.2) is 34.5 Å². The third-order valence-corrected chi connectivity index (χ3v) is 2.87. The molecule has 21 heavy (non-hydrogen) atoms. The Bertz CT molecular complexity index is 563. The largest absolute Gasteiger partial charge is 0.491 e. The van der Waals surface area contributed by atoms with Crippen LogP contribution in [0.2, 0.25) is 0 Å². The van der Waals surface area contributed by atoms with Crippen LogP contribution in [0, 0.1) is 20.8 Å². The number of ether oxygens (including phenoxy) is 1. The molecule has 0 saturated carbocycles. The molecule has 0 fully saturated rings. The topological polar surface area (TPSA) is 80.4 Å². The molecule has 1 heterocycles. The molecule has 1 aromatic heterocycles. The van der Waals surface area contributed by atoms with Crippen molar-refractivity contribution in [2.75, 3.05) is 13.2 Å². The van der Waals surface area contributed by atoms with Crippen molar-refractivity contribution in [1.29, 1.82) is 0 Å². The normalized spacial score (nSPS) is 12.4. The predicted molar refractivity (Wildman–Crippen MR) is 78.2 cm³/mol. The summed E-state index contributed by atoms with van der Waals surface area (Å²) in [6.45, 7) is 6.87. The van der Waals surface area contributed by atoms with Gasteiger partial charge in [-0.1, -0.05) is 11.2 Å². The van der Waals surface area contributed by atoms with E-state index in [0.29, 0.717) is 24.8 Å². The fourth-order valence-electron chi connectivity index (χ4n) is 2.03. The SMILES string of the molecule is Cc1cc(C)cc(OCC(O)CNCc2noc(C)n2)c1. The van der Waals surface area contributed by atoms with Gasteiger partial charge in [-0.2, -0.15) is 4.98 Å². The molecule has 2 N–H and O–H groups in total. The van der Waals surface area contributed by atoms with Gasteiger partial charge in [-0.05, 0) is 37.1 Å². The quantitative estimate of drug-likeness (QED) is 0.805. The first-order chi connectivity index (χ1) is 10.0. The molecule has 0 aliphatic rings. The number of hydrogen-bond donors (Lipinski definition) is 2. The Kier molecular flexibility index (Phi) is 5.30. The van der Waals surface area contributed by atoms with Gasteiger partial charge in [0.05, 0.1) is 6.54 Å². The number of nitrogens with zero attached hydrogens (tertiary/aromatic N) is 2. The molecule has 1 unspecified atom stereocenters. The standard InChI is InChI=1S/C15H21N3O3/c1-10-4-11(2)6-14(5-10)20-9-13(19)7-16-8-15-17-12(3)21-18-15/h4-6,13,16,19H,7-9H2,1-3H3. The molecular formula is C15H21N3O3. The number of aliphatic hydroxyl groups excluding tert-OH is 1. The summed E-state index contributed by atoms with van der Waals surface area (Å²) >= 11 is 0. The molecule has 0 aliphatic carbocycles. The van der Waals surface area contributed by atoms with E-state index in [2.05, 4.69) is 21.5 Å². The second-order valence-electron chi connectivity index (χ2n) is 5.15. The summed E-state index contributed by atoms with van der Waals surface area (Å²) < 4.78 is 10.5. The van der Waals surface area contributed by atoms with E-state index in [-0.39, 0.29) is 6.61 Å². The fourth-order valence-corrected chi connectivity index (χ4v) is 2.03. The smallest absolute Gasteiger partial charge is 0.223 e. The van der Waals surface area contributed by atoms with E-state index in [4.69, 9.17) is 9.26 Å². The van der Waals surface area contributed by atoms with Gasteiger partial charge in [0.2, 0.25) is 5.89 Å². The third-order valence-electron chi connectivity index (χ3n) is 2.87. The molecule has 0 bridgehead atoms. The lowest BCUT2D eigenvalue weighted by atomic mass is 10.1. The summed E-state index contributed by atoms with van der Waals surface area (Å²) in [5.41, 5.74) is 2.29. The second-order valence-corrected chi connectivity index (χ2v) is 5.15.